The van der Waals surface area contributed by atoms with Crippen molar-refractivity contribution in [3.05, 3.63) is 0 Å². The highest BCUT2D eigenvalue weighted by Gasteiger charge is 2.49. The molecule has 0 amide bonds. The summed E-state index contributed by atoms with van der Waals surface area (Å²) in [5.74, 6) is -0.0542. The van der Waals surface area contributed by atoms with E-state index in [4.69, 9.17) is 9.47 Å². The van der Waals surface area contributed by atoms with E-state index < -0.39 is 0 Å². The maximum Gasteiger partial charge on any atom is 0.307 e. The molecule has 2 rings (SSSR count). The van der Waals surface area contributed by atoms with Crippen molar-refractivity contribution >= 4 is 5.97 Å². The van der Waals surface area contributed by atoms with Crippen molar-refractivity contribution < 1.29 is 14.3 Å². The van der Waals surface area contributed by atoms with E-state index in [-0.39, 0.29) is 11.5 Å². The Hall–Kier alpha value is -0.610. The number of carbonyl (C=O) groups excluding carboxylic acids is 1. The molecule has 0 N–H and O–H groups in total. The molecule has 4 heteroatoms. The quantitative estimate of drug-likeness (QED) is 0.648. The Bertz CT molecular complexity index is 232. The van der Waals surface area contributed by atoms with Crippen LogP contribution in [0.25, 0.3) is 0 Å². The van der Waals surface area contributed by atoms with Gasteiger partial charge in [0.2, 0.25) is 0 Å². The molecule has 1 saturated carbocycles. The molecule has 0 spiro atoms. The molecule has 1 aliphatic carbocycles. The molecule has 2 fully saturated rings. The summed E-state index contributed by atoms with van der Waals surface area (Å²) in [5.41, 5.74) is 0.121. The first-order valence-electron chi connectivity index (χ1n) is 5.75. The van der Waals surface area contributed by atoms with Gasteiger partial charge in [0.15, 0.2) is 0 Å². The lowest BCUT2D eigenvalue weighted by Crippen LogP contribution is -2.46. The molecule has 0 aromatic carbocycles. The number of ether oxygens (including phenoxy) is 2. The molecule has 4 nitrogen and oxygen atoms in total. The third-order valence-corrected chi connectivity index (χ3v) is 3.29. The van der Waals surface area contributed by atoms with Crippen LogP contribution in [0.3, 0.4) is 0 Å². The summed E-state index contributed by atoms with van der Waals surface area (Å²) in [6, 6.07) is 0. The van der Waals surface area contributed by atoms with Gasteiger partial charge in [-0.3, -0.25) is 9.69 Å². The van der Waals surface area contributed by atoms with Crippen molar-refractivity contribution in [2.24, 2.45) is 0 Å². The lowest BCUT2D eigenvalue weighted by Gasteiger charge is -2.34. The molecule has 1 saturated heterocycles. The Morgan fingerprint density at radius 2 is 2.07 bits per heavy atom. The number of hydrogen-bond donors (Lipinski definition) is 0. The van der Waals surface area contributed by atoms with Gasteiger partial charge in [0.1, 0.15) is 0 Å². The highest BCUT2D eigenvalue weighted by molar-refractivity contribution is 5.71. The Morgan fingerprint density at radius 3 is 2.60 bits per heavy atom. The van der Waals surface area contributed by atoms with E-state index in [1.807, 2.05) is 6.92 Å². The van der Waals surface area contributed by atoms with E-state index in [1.165, 1.54) is 0 Å². The van der Waals surface area contributed by atoms with E-state index in [9.17, 15) is 4.79 Å². The highest BCUT2D eigenvalue weighted by Crippen LogP contribution is 2.45. The van der Waals surface area contributed by atoms with Crippen LogP contribution < -0.4 is 0 Å². The molecule has 2 aliphatic rings. The maximum atomic E-state index is 11.5. The Labute approximate surface area is 90.5 Å². The van der Waals surface area contributed by atoms with Crippen LogP contribution in [0.15, 0.2) is 0 Å². The monoisotopic (exact) mass is 213 g/mol. The van der Waals surface area contributed by atoms with Crippen molar-refractivity contribution in [1.82, 2.24) is 4.90 Å². The zero-order valence-electron chi connectivity index (χ0n) is 9.33. The number of hydrogen-bond acceptors (Lipinski definition) is 4. The van der Waals surface area contributed by atoms with Gasteiger partial charge in [-0.1, -0.05) is 0 Å². The Balaban J connectivity index is 1.86. The predicted molar refractivity (Wildman–Crippen MR) is 55.6 cm³/mol. The smallest absolute Gasteiger partial charge is 0.307 e. The van der Waals surface area contributed by atoms with Crippen LogP contribution in [0, 0.1) is 0 Å². The fourth-order valence-corrected chi connectivity index (χ4v) is 2.27. The van der Waals surface area contributed by atoms with Gasteiger partial charge >= 0.3 is 5.97 Å². The number of rotatable bonds is 4. The zero-order valence-corrected chi connectivity index (χ0v) is 9.33. The van der Waals surface area contributed by atoms with Gasteiger partial charge < -0.3 is 9.47 Å². The van der Waals surface area contributed by atoms with E-state index in [1.54, 1.807) is 0 Å². The van der Waals surface area contributed by atoms with E-state index in [0.717, 1.165) is 39.1 Å². The summed E-state index contributed by atoms with van der Waals surface area (Å²) >= 11 is 0. The van der Waals surface area contributed by atoms with E-state index in [2.05, 4.69) is 4.90 Å². The molecule has 86 valence electrons. The average molecular weight is 213 g/mol. The molecule has 0 bridgehead atoms. The molecule has 0 aromatic rings. The predicted octanol–water partition coefficient (Wildman–Crippen LogP) is 0.804. The molecule has 0 aromatic heterocycles. The fourth-order valence-electron chi connectivity index (χ4n) is 2.27. The summed E-state index contributed by atoms with van der Waals surface area (Å²) in [4.78, 5) is 13.9. The minimum absolute atomic E-state index is 0.0542. The van der Waals surface area contributed by atoms with Crippen molar-refractivity contribution in [2.45, 2.75) is 31.7 Å². The molecule has 0 radical (unpaired) electrons. The molecule has 0 unspecified atom stereocenters. The SMILES string of the molecule is CCOC(=O)CC1(N2CCOCC2)CC1. The maximum absolute atomic E-state index is 11.5. The van der Waals surface area contributed by atoms with Crippen LogP contribution in [-0.4, -0.2) is 49.3 Å². The van der Waals surface area contributed by atoms with Gasteiger partial charge in [-0.05, 0) is 19.8 Å². The van der Waals surface area contributed by atoms with Crippen LogP contribution in [0.1, 0.15) is 26.2 Å². The van der Waals surface area contributed by atoms with Gasteiger partial charge in [0.05, 0.1) is 26.2 Å². The minimum atomic E-state index is -0.0542. The standard InChI is InChI=1S/C11H19NO3/c1-2-15-10(13)9-11(3-4-11)12-5-7-14-8-6-12/h2-9H2,1H3. The lowest BCUT2D eigenvalue weighted by molar-refractivity contribution is -0.145. The van der Waals surface area contributed by atoms with Crippen LogP contribution >= 0.6 is 0 Å². The van der Waals surface area contributed by atoms with Crippen LogP contribution in [0.2, 0.25) is 0 Å². The minimum Gasteiger partial charge on any atom is -0.466 e. The molecule has 1 aliphatic heterocycles. The normalized spacial score (nSPS) is 24.9. The molecule has 0 atom stereocenters. The van der Waals surface area contributed by atoms with Crippen molar-refractivity contribution in [3.8, 4) is 0 Å². The van der Waals surface area contributed by atoms with Gasteiger partial charge in [-0.15, -0.1) is 0 Å². The summed E-state index contributed by atoms with van der Waals surface area (Å²) in [6.07, 6.45) is 2.82. The van der Waals surface area contributed by atoms with E-state index in [0.29, 0.717) is 13.0 Å². The summed E-state index contributed by atoms with van der Waals surface area (Å²) in [6.45, 7) is 5.85. The van der Waals surface area contributed by atoms with Gasteiger partial charge in [-0.25, -0.2) is 0 Å². The largest absolute Gasteiger partial charge is 0.466 e. The first-order chi connectivity index (χ1) is 7.27. The van der Waals surface area contributed by atoms with Crippen LogP contribution in [0.5, 0.6) is 0 Å². The van der Waals surface area contributed by atoms with Crippen LogP contribution in [0.4, 0.5) is 0 Å². The molecule has 15 heavy (non-hydrogen) atoms. The van der Waals surface area contributed by atoms with Gasteiger partial charge in [-0.2, -0.15) is 0 Å². The molecular formula is C11H19NO3. The topological polar surface area (TPSA) is 38.8 Å². The van der Waals surface area contributed by atoms with Crippen molar-refractivity contribution in [1.29, 1.82) is 0 Å². The summed E-state index contributed by atoms with van der Waals surface area (Å²) in [7, 11) is 0. The van der Waals surface area contributed by atoms with Gasteiger partial charge in [0.25, 0.3) is 0 Å². The lowest BCUT2D eigenvalue weighted by atomic mass is 10.1. The van der Waals surface area contributed by atoms with Crippen molar-refractivity contribution in [2.75, 3.05) is 32.9 Å². The number of morpholine rings is 1. The Kier molecular flexibility index (Phi) is 3.26. The Morgan fingerprint density at radius 1 is 1.40 bits per heavy atom. The van der Waals surface area contributed by atoms with Crippen molar-refractivity contribution in [3.63, 3.8) is 0 Å². The second kappa shape index (κ2) is 4.49. The average Bonchev–Trinajstić information content (AvgIpc) is 3.01. The summed E-state index contributed by atoms with van der Waals surface area (Å²) in [5, 5.41) is 0. The first-order valence-corrected chi connectivity index (χ1v) is 5.75. The van der Waals surface area contributed by atoms with Crippen LogP contribution in [-0.2, 0) is 14.3 Å². The molecule has 1 heterocycles. The van der Waals surface area contributed by atoms with Gasteiger partial charge in [0, 0.05) is 18.6 Å². The highest BCUT2D eigenvalue weighted by atomic mass is 16.5. The second-order valence-corrected chi connectivity index (χ2v) is 4.31. The number of carbonyl (C=O) groups is 1. The third kappa shape index (κ3) is 2.49. The number of esters is 1. The third-order valence-electron chi connectivity index (χ3n) is 3.29. The fraction of sp³-hybridized carbons (Fsp3) is 0.909. The number of nitrogens with zero attached hydrogens (tertiary/aromatic N) is 1. The second-order valence-electron chi connectivity index (χ2n) is 4.31. The molecular weight excluding hydrogens is 194 g/mol. The zero-order chi connectivity index (χ0) is 10.7. The first kappa shape index (κ1) is 10.9. The van der Waals surface area contributed by atoms with E-state index >= 15 is 0 Å². The summed E-state index contributed by atoms with van der Waals surface area (Å²) < 4.78 is 10.3.